The largest absolute Gasteiger partial charge is 0.339 e. The molecule has 7 nitrogen and oxygen atoms in total. The highest BCUT2D eigenvalue weighted by Gasteiger charge is 2.34. The van der Waals surface area contributed by atoms with Gasteiger partial charge in [-0.1, -0.05) is 65.1 Å². The van der Waals surface area contributed by atoms with Gasteiger partial charge < -0.3 is 16.0 Å². The molecule has 0 radical (unpaired) electrons. The van der Waals surface area contributed by atoms with E-state index in [0.29, 0.717) is 5.69 Å². The minimum absolute atomic E-state index is 0.0296. The van der Waals surface area contributed by atoms with Crippen LogP contribution in [0.3, 0.4) is 0 Å². The predicted octanol–water partition coefficient (Wildman–Crippen LogP) is 3.15. The summed E-state index contributed by atoms with van der Waals surface area (Å²) in [5.41, 5.74) is 1.28. The molecule has 1 atom stereocenters. The van der Waals surface area contributed by atoms with Gasteiger partial charge in [0.2, 0.25) is 19.7 Å². The molecule has 12 heteroatoms. The maximum atomic E-state index is 12.2. The zero-order chi connectivity index (χ0) is 22.4. The summed E-state index contributed by atoms with van der Waals surface area (Å²) < 4.78 is 20.7. The Morgan fingerprint density at radius 3 is 2.17 bits per heavy atom. The average molecular weight is 508 g/mol. The molecule has 0 aliphatic heterocycles. The third kappa shape index (κ3) is 8.10. The number of nitrogens with two attached hydrogens (primary N) is 1. The molecule has 0 aliphatic carbocycles. The van der Waals surface area contributed by atoms with Crippen molar-refractivity contribution in [3.05, 3.63) is 66.2 Å². The van der Waals surface area contributed by atoms with E-state index in [4.69, 9.17) is 52.2 Å². The van der Waals surface area contributed by atoms with Gasteiger partial charge in [0.1, 0.15) is 6.17 Å². The van der Waals surface area contributed by atoms with Crippen LogP contribution in [-0.4, -0.2) is 29.4 Å². The Hall–Kier alpha value is -1.88. The van der Waals surface area contributed by atoms with Crippen LogP contribution in [0.2, 0.25) is 0 Å². The molecule has 0 fully saturated rings. The van der Waals surface area contributed by atoms with Crippen molar-refractivity contribution in [3.63, 3.8) is 0 Å². The van der Waals surface area contributed by atoms with E-state index >= 15 is 0 Å². The summed E-state index contributed by atoms with van der Waals surface area (Å²) in [6.07, 6.45) is 1.75. The summed E-state index contributed by atoms with van der Waals surface area (Å²) in [6.45, 7) is 0. The summed E-state index contributed by atoms with van der Waals surface area (Å²) in [4.78, 5) is 12.1. The smallest absolute Gasteiger partial charge is 0.245 e. The van der Waals surface area contributed by atoms with Crippen LogP contribution in [0.4, 0.5) is 5.69 Å². The lowest BCUT2D eigenvalue weighted by atomic mass is 10.2. The van der Waals surface area contributed by atoms with Gasteiger partial charge in [0.25, 0.3) is 0 Å². The number of alkyl halides is 3. The number of carbonyl (C=O) groups excluding carboxylic acids is 1. The van der Waals surface area contributed by atoms with Crippen molar-refractivity contribution in [1.29, 1.82) is 0 Å². The molecule has 0 saturated carbocycles. The number of rotatable bonds is 6. The number of benzene rings is 2. The number of amides is 1. The number of halogens is 3. The summed E-state index contributed by atoms with van der Waals surface area (Å²) in [7, 11) is -3.81. The Balaban J connectivity index is 2.01. The number of sulfonamides is 1. The minimum Gasteiger partial charge on any atom is -0.339 e. The van der Waals surface area contributed by atoms with Gasteiger partial charge in [-0.05, 0) is 48.1 Å². The first kappa shape index (κ1) is 24.4. The van der Waals surface area contributed by atoms with Gasteiger partial charge in [0, 0.05) is 11.8 Å². The molecule has 30 heavy (non-hydrogen) atoms. The molecule has 0 heterocycles. The lowest BCUT2D eigenvalue weighted by Crippen LogP contribution is -2.55. The Morgan fingerprint density at radius 2 is 1.63 bits per heavy atom. The van der Waals surface area contributed by atoms with E-state index in [2.05, 4.69) is 16.0 Å². The highest BCUT2D eigenvalue weighted by atomic mass is 35.6. The second kappa shape index (κ2) is 10.4. The Labute approximate surface area is 194 Å². The summed E-state index contributed by atoms with van der Waals surface area (Å²) >= 11 is 23.0. The number of thiocarbonyl (C=S) groups is 1. The molecule has 0 aromatic heterocycles. The normalized spacial score (nSPS) is 12.9. The number of primary sulfonamides is 1. The highest BCUT2D eigenvalue weighted by molar-refractivity contribution is 7.89. The summed E-state index contributed by atoms with van der Waals surface area (Å²) in [6, 6.07) is 14.7. The predicted molar refractivity (Wildman–Crippen MR) is 125 cm³/mol. The number of anilines is 1. The standard InChI is InChI=1S/C18H17Cl3N4O3S2/c19-18(20,21)16(24-15(26)11-6-12-4-2-1-3-5-12)25-17(29)23-13-7-9-14(10-8-13)30(22,27)28/h1-11,16H,(H,24,26)(H2,22,27,28)(H2,23,25,29). The lowest BCUT2D eigenvalue weighted by Gasteiger charge is -2.27. The Bertz CT molecular complexity index is 1020. The van der Waals surface area contributed by atoms with Gasteiger partial charge in [-0.15, -0.1) is 0 Å². The van der Waals surface area contributed by atoms with E-state index in [0.717, 1.165) is 5.56 Å². The fourth-order valence-electron chi connectivity index (χ4n) is 2.15. The number of hydrogen-bond acceptors (Lipinski definition) is 4. The van der Waals surface area contributed by atoms with Crippen molar-refractivity contribution in [1.82, 2.24) is 10.6 Å². The van der Waals surface area contributed by atoms with E-state index in [1.54, 1.807) is 6.08 Å². The van der Waals surface area contributed by atoms with Crippen LogP contribution in [0.1, 0.15) is 5.56 Å². The maximum absolute atomic E-state index is 12.2. The van der Waals surface area contributed by atoms with Crippen LogP contribution in [0.25, 0.3) is 6.08 Å². The van der Waals surface area contributed by atoms with Crippen molar-refractivity contribution in [2.45, 2.75) is 14.9 Å². The van der Waals surface area contributed by atoms with Crippen LogP contribution in [0.15, 0.2) is 65.6 Å². The number of carbonyl (C=O) groups is 1. The first-order valence-electron chi connectivity index (χ1n) is 8.26. The summed E-state index contributed by atoms with van der Waals surface area (Å²) in [5, 5.41) is 13.1. The number of nitrogens with one attached hydrogen (secondary N) is 3. The highest BCUT2D eigenvalue weighted by Crippen LogP contribution is 2.29. The van der Waals surface area contributed by atoms with Gasteiger partial charge >= 0.3 is 0 Å². The van der Waals surface area contributed by atoms with Gasteiger partial charge in [-0.2, -0.15) is 0 Å². The molecule has 2 aromatic carbocycles. The third-order valence-electron chi connectivity index (χ3n) is 3.56. The van der Waals surface area contributed by atoms with Crippen molar-refractivity contribution in [2.75, 3.05) is 5.32 Å². The van der Waals surface area contributed by atoms with Gasteiger partial charge in [0.05, 0.1) is 4.90 Å². The number of hydrogen-bond donors (Lipinski definition) is 4. The first-order chi connectivity index (χ1) is 13.9. The molecule has 1 unspecified atom stereocenters. The topological polar surface area (TPSA) is 113 Å². The molecule has 2 aromatic rings. The van der Waals surface area contributed by atoms with Crippen LogP contribution in [0, 0.1) is 0 Å². The quantitative estimate of drug-likeness (QED) is 0.207. The van der Waals surface area contributed by atoms with Crippen molar-refractivity contribution < 1.29 is 13.2 Å². The molecular formula is C18H17Cl3N4O3S2. The van der Waals surface area contributed by atoms with Gasteiger partial charge in [0.15, 0.2) is 5.11 Å². The Morgan fingerprint density at radius 1 is 1.03 bits per heavy atom. The molecule has 0 bridgehead atoms. The summed E-state index contributed by atoms with van der Waals surface area (Å²) in [5.74, 6) is -0.511. The minimum atomic E-state index is -3.81. The lowest BCUT2D eigenvalue weighted by molar-refractivity contribution is -0.117. The zero-order valence-electron chi connectivity index (χ0n) is 15.2. The van der Waals surface area contributed by atoms with Crippen molar-refractivity contribution in [2.24, 2.45) is 5.14 Å². The van der Waals surface area contributed by atoms with Crippen molar-refractivity contribution in [3.8, 4) is 0 Å². The average Bonchev–Trinajstić information content (AvgIpc) is 2.65. The van der Waals surface area contributed by atoms with Gasteiger partial charge in [-0.25, -0.2) is 13.6 Å². The maximum Gasteiger partial charge on any atom is 0.245 e. The van der Waals surface area contributed by atoms with Crippen LogP contribution >= 0.6 is 47.0 Å². The second-order valence-corrected chi connectivity index (χ2v) is 10.2. The second-order valence-electron chi connectivity index (χ2n) is 5.90. The fraction of sp³-hybridized carbons (Fsp3) is 0.111. The van der Waals surface area contributed by atoms with E-state index in [1.165, 1.54) is 30.3 Å². The zero-order valence-corrected chi connectivity index (χ0v) is 19.1. The third-order valence-corrected chi connectivity index (χ3v) is 5.36. The molecule has 5 N–H and O–H groups in total. The van der Waals surface area contributed by atoms with Crippen LogP contribution in [-0.2, 0) is 14.8 Å². The van der Waals surface area contributed by atoms with Crippen LogP contribution in [0.5, 0.6) is 0 Å². The molecule has 0 saturated heterocycles. The van der Waals surface area contributed by atoms with E-state index in [-0.39, 0.29) is 10.0 Å². The van der Waals surface area contributed by atoms with Gasteiger partial charge in [-0.3, -0.25) is 4.79 Å². The molecule has 0 aliphatic rings. The molecule has 2 rings (SSSR count). The first-order valence-corrected chi connectivity index (χ1v) is 11.3. The van der Waals surface area contributed by atoms with E-state index in [1.807, 2.05) is 30.3 Å². The monoisotopic (exact) mass is 506 g/mol. The molecule has 0 spiro atoms. The van der Waals surface area contributed by atoms with E-state index < -0.39 is 25.9 Å². The molecule has 160 valence electrons. The van der Waals surface area contributed by atoms with E-state index in [9.17, 15) is 13.2 Å². The fourth-order valence-corrected chi connectivity index (χ4v) is 3.23. The molecular weight excluding hydrogens is 491 g/mol. The van der Waals surface area contributed by atoms with Crippen LogP contribution < -0.4 is 21.1 Å². The Kier molecular flexibility index (Phi) is 8.48. The molecule has 1 amide bonds. The SMILES string of the molecule is NS(=O)(=O)c1ccc(NC(=S)NC(NC(=O)C=Cc2ccccc2)C(Cl)(Cl)Cl)cc1. The van der Waals surface area contributed by atoms with Crippen molar-refractivity contribution >= 4 is 79.8 Å².